The fourth-order valence-corrected chi connectivity index (χ4v) is 3.98. The summed E-state index contributed by atoms with van der Waals surface area (Å²) in [6.07, 6.45) is -7.35. The molecule has 2 aromatic rings. The van der Waals surface area contributed by atoms with Gasteiger partial charge in [0, 0.05) is 12.3 Å². The molecule has 1 aliphatic carbocycles. The van der Waals surface area contributed by atoms with Crippen LogP contribution in [-0.2, 0) is 14.3 Å². The Morgan fingerprint density at radius 1 is 1.00 bits per heavy atom. The lowest BCUT2D eigenvalue weighted by atomic mass is 9.98. The number of amides is 2. The van der Waals surface area contributed by atoms with Gasteiger partial charge in [-0.3, -0.25) is 4.79 Å². The van der Waals surface area contributed by atoms with Crippen molar-refractivity contribution in [3.8, 4) is 11.1 Å². The highest BCUT2D eigenvalue weighted by molar-refractivity contribution is 5.83. The van der Waals surface area contributed by atoms with Crippen LogP contribution in [0, 0.1) is 0 Å². The minimum absolute atomic E-state index is 0.0851. The SMILES string of the molecule is CCC(NC(=O)CC[C@H](NC(=O)OCC1c2ccccc2-c2ccccc21)C(F)(F)F)C(=O)O. The lowest BCUT2D eigenvalue weighted by Crippen LogP contribution is -2.47. The van der Waals surface area contributed by atoms with E-state index >= 15 is 0 Å². The van der Waals surface area contributed by atoms with Gasteiger partial charge in [0.05, 0.1) is 0 Å². The van der Waals surface area contributed by atoms with Crippen LogP contribution in [0.15, 0.2) is 48.5 Å². The fraction of sp³-hybridized carbons (Fsp3) is 0.375. The van der Waals surface area contributed by atoms with Gasteiger partial charge in [0.2, 0.25) is 5.91 Å². The number of ether oxygens (including phenoxy) is 1. The molecule has 3 N–H and O–H groups in total. The van der Waals surface area contributed by atoms with E-state index in [0.29, 0.717) is 0 Å². The summed E-state index contributed by atoms with van der Waals surface area (Å²) in [5.41, 5.74) is 3.81. The normalized spacial score (nSPS) is 14.5. The lowest BCUT2D eigenvalue weighted by Gasteiger charge is -2.22. The van der Waals surface area contributed by atoms with E-state index in [9.17, 15) is 27.6 Å². The summed E-state index contributed by atoms with van der Waals surface area (Å²) in [5, 5.41) is 12.9. The van der Waals surface area contributed by atoms with E-state index in [1.165, 1.54) is 6.92 Å². The van der Waals surface area contributed by atoms with Crippen molar-refractivity contribution in [2.75, 3.05) is 6.61 Å². The number of aliphatic carboxylic acids is 1. The predicted molar refractivity (Wildman–Crippen MR) is 117 cm³/mol. The number of nitrogens with one attached hydrogen (secondary N) is 2. The van der Waals surface area contributed by atoms with E-state index < -0.39 is 49.1 Å². The Bertz CT molecular complexity index is 1010. The number of rotatable bonds is 9. The molecule has 34 heavy (non-hydrogen) atoms. The largest absolute Gasteiger partial charge is 0.480 e. The van der Waals surface area contributed by atoms with Gasteiger partial charge in [0.15, 0.2) is 0 Å². The van der Waals surface area contributed by atoms with Gasteiger partial charge in [0.1, 0.15) is 18.7 Å². The maximum Gasteiger partial charge on any atom is 0.408 e. The minimum atomic E-state index is -4.82. The smallest absolute Gasteiger partial charge is 0.408 e. The molecule has 3 rings (SSSR count). The molecular weight excluding hydrogens is 453 g/mol. The highest BCUT2D eigenvalue weighted by atomic mass is 19.4. The summed E-state index contributed by atoms with van der Waals surface area (Å²) in [6, 6.07) is 11.6. The van der Waals surface area contributed by atoms with Crippen molar-refractivity contribution >= 4 is 18.0 Å². The van der Waals surface area contributed by atoms with Crippen LogP contribution in [0.25, 0.3) is 11.1 Å². The number of carboxylic acid groups (broad SMARTS) is 1. The van der Waals surface area contributed by atoms with Crippen LogP contribution >= 0.6 is 0 Å². The van der Waals surface area contributed by atoms with Crippen molar-refractivity contribution in [3.05, 3.63) is 59.7 Å². The zero-order valence-electron chi connectivity index (χ0n) is 18.4. The number of alkyl carbamates (subject to hydrolysis) is 1. The first kappa shape index (κ1) is 25.1. The van der Waals surface area contributed by atoms with Crippen LogP contribution in [0.5, 0.6) is 0 Å². The molecule has 2 amide bonds. The van der Waals surface area contributed by atoms with Crippen molar-refractivity contribution < 1.29 is 37.4 Å². The van der Waals surface area contributed by atoms with Crippen LogP contribution in [0.1, 0.15) is 43.2 Å². The van der Waals surface area contributed by atoms with Crippen LogP contribution in [0.2, 0.25) is 0 Å². The second-order valence-corrected chi connectivity index (χ2v) is 7.97. The van der Waals surface area contributed by atoms with Gasteiger partial charge in [-0.25, -0.2) is 9.59 Å². The van der Waals surface area contributed by atoms with Crippen LogP contribution in [0.3, 0.4) is 0 Å². The molecule has 10 heteroatoms. The zero-order chi connectivity index (χ0) is 24.9. The third-order valence-corrected chi connectivity index (χ3v) is 5.73. The maximum atomic E-state index is 13.4. The monoisotopic (exact) mass is 478 g/mol. The third-order valence-electron chi connectivity index (χ3n) is 5.73. The van der Waals surface area contributed by atoms with E-state index in [1.807, 2.05) is 48.5 Å². The number of carbonyl (C=O) groups excluding carboxylic acids is 2. The standard InChI is InChI=1S/C24H25F3N2O5/c1-2-19(22(31)32)28-21(30)12-11-20(24(25,26)27)29-23(33)34-13-18-16-9-5-3-7-14(16)15-8-4-6-10-17(15)18/h3-10,18-20H,2,11-13H2,1H3,(H,28,30)(H,29,33)(H,31,32)/t19?,20-/m0/s1. The molecule has 0 heterocycles. The zero-order valence-corrected chi connectivity index (χ0v) is 18.4. The average Bonchev–Trinajstić information content (AvgIpc) is 3.11. The Labute approximate surface area is 194 Å². The number of benzene rings is 2. The van der Waals surface area contributed by atoms with E-state index in [0.717, 1.165) is 22.3 Å². The van der Waals surface area contributed by atoms with Crippen LogP contribution in [0.4, 0.5) is 18.0 Å². The number of halogens is 3. The molecule has 0 aromatic heterocycles. The minimum Gasteiger partial charge on any atom is -0.480 e. The highest BCUT2D eigenvalue weighted by Crippen LogP contribution is 2.44. The summed E-state index contributed by atoms with van der Waals surface area (Å²) in [5.74, 6) is -2.44. The molecule has 1 unspecified atom stereocenters. The maximum absolute atomic E-state index is 13.4. The second-order valence-electron chi connectivity index (χ2n) is 7.97. The summed E-state index contributed by atoms with van der Waals surface area (Å²) in [4.78, 5) is 35.1. The quantitative estimate of drug-likeness (QED) is 0.501. The van der Waals surface area contributed by atoms with Crippen molar-refractivity contribution in [1.29, 1.82) is 0 Å². The first-order valence-electron chi connectivity index (χ1n) is 10.8. The number of hydrogen-bond acceptors (Lipinski definition) is 4. The fourth-order valence-electron chi connectivity index (χ4n) is 3.98. The summed E-state index contributed by atoms with van der Waals surface area (Å²) >= 11 is 0. The number of hydrogen-bond donors (Lipinski definition) is 3. The highest BCUT2D eigenvalue weighted by Gasteiger charge is 2.41. The Hall–Kier alpha value is -3.56. The Morgan fingerprint density at radius 2 is 1.56 bits per heavy atom. The van der Waals surface area contributed by atoms with E-state index in [-0.39, 0.29) is 18.9 Å². The van der Waals surface area contributed by atoms with Gasteiger partial charge in [-0.15, -0.1) is 0 Å². The Kier molecular flexibility index (Phi) is 7.80. The van der Waals surface area contributed by atoms with Crippen molar-refractivity contribution in [3.63, 3.8) is 0 Å². The first-order chi connectivity index (χ1) is 16.1. The molecule has 0 bridgehead atoms. The number of fused-ring (bicyclic) bond motifs is 3. The van der Waals surface area contributed by atoms with E-state index in [4.69, 9.17) is 9.84 Å². The van der Waals surface area contributed by atoms with Crippen molar-refractivity contribution in [2.24, 2.45) is 0 Å². The molecule has 7 nitrogen and oxygen atoms in total. The van der Waals surface area contributed by atoms with Gasteiger partial charge < -0.3 is 20.5 Å². The van der Waals surface area contributed by atoms with E-state index in [2.05, 4.69) is 5.32 Å². The first-order valence-corrected chi connectivity index (χ1v) is 10.8. The van der Waals surface area contributed by atoms with Crippen molar-refractivity contribution in [1.82, 2.24) is 10.6 Å². The van der Waals surface area contributed by atoms with E-state index in [1.54, 1.807) is 5.32 Å². The molecular formula is C24H25F3N2O5. The number of carboxylic acids is 1. The van der Waals surface area contributed by atoms with Gasteiger partial charge in [0.25, 0.3) is 0 Å². The molecule has 1 aliphatic rings. The number of carbonyl (C=O) groups is 3. The summed E-state index contributed by atoms with van der Waals surface area (Å²) in [6.45, 7) is 1.37. The average molecular weight is 478 g/mol. The molecule has 0 saturated carbocycles. The Morgan fingerprint density at radius 3 is 2.06 bits per heavy atom. The molecule has 2 atom stereocenters. The van der Waals surface area contributed by atoms with Crippen LogP contribution < -0.4 is 10.6 Å². The molecule has 0 saturated heterocycles. The van der Waals surface area contributed by atoms with Gasteiger partial charge in [-0.05, 0) is 35.1 Å². The lowest BCUT2D eigenvalue weighted by molar-refractivity contribution is -0.157. The molecule has 0 aliphatic heterocycles. The second kappa shape index (κ2) is 10.6. The topological polar surface area (TPSA) is 105 Å². The summed E-state index contributed by atoms with van der Waals surface area (Å²) < 4.78 is 45.4. The molecule has 2 aromatic carbocycles. The molecule has 0 fully saturated rings. The van der Waals surface area contributed by atoms with Gasteiger partial charge in [-0.2, -0.15) is 13.2 Å². The van der Waals surface area contributed by atoms with Crippen LogP contribution in [-0.4, -0.2) is 47.9 Å². The predicted octanol–water partition coefficient (Wildman–Crippen LogP) is 4.22. The number of alkyl halides is 3. The molecule has 0 spiro atoms. The van der Waals surface area contributed by atoms with Gasteiger partial charge >= 0.3 is 18.2 Å². The Balaban J connectivity index is 1.60. The summed E-state index contributed by atoms with van der Waals surface area (Å²) in [7, 11) is 0. The molecule has 182 valence electrons. The third kappa shape index (κ3) is 5.86. The van der Waals surface area contributed by atoms with Gasteiger partial charge in [-0.1, -0.05) is 55.5 Å². The van der Waals surface area contributed by atoms with Crippen molar-refractivity contribution in [2.45, 2.75) is 50.4 Å². The molecule has 0 radical (unpaired) electrons.